The second-order valence-corrected chi connectivity index (χ2v) is 6.36. The Morgan fingerprint density at radius 1 is 1.05 bits per heavy atom. The van der Waals surface area contributed by atoms with Crippen LogP contribution in [0.2, 0.25) is 0 Å². The standard InChI is InChI=1S/C19H18OS/c1-2-3-6-14-9-11-15(12-10-14)19(20)18-13-16-7-4-5-8-17(16)21-18/h4-5,7-13H,2-3,6H2,1H3. The van der Waals surface area contributed by atoms with Crippen molar-refractivity contribution in [2.24, 2.45) is 0 Å². The zero-order chi connectivity index (χ0) is 14.7. The number of fused-ring (bicyclic) bond motifs is 1. The molecule has 1 aromatic heterocycles. The fourth-order valence-corrected chi connectivity index (χ4v) is 3.46. The van der Waals surface area contributed by atoms with Crippen molar-refractivity contribution in [2.75, 3.05) is 0 Å². The molecular weight excluding hydrogens is 276 g/mol. The van der Waals surface area contributed by atoms with Crippen molar-refractivity contribution in [3.8, 4) is 0 Å². The lowest BCUT2D eigenvalue weighted by Crippen LogP contribution is -1.98. The van der Waals surface area contributed by atoms with Gasteiger partial charge in [-0.3, -0.25) is 4.79 Å². The number of carbonyl (C=O) groups is 1. The van der Waals surface area contributed by atoms with Crippen LogP contribution in [-0.2, 0) is 6.42 Å². The van der Waals surface area contributed by atoms with Gasteiger partial charge in [-0.1, -0.05) is 55.8 Å². The number of ketones is 1. The van der Waals surface area contributed by atoms with Crippen molar-refractivity contribution in [2.45, 2.75) is 26.2 Å². The molecule has 0 atom stereocenters. The maximum absolute atomic E-state index is 12.6. The van der Waals surface area contributed by atoms with E-state index in [1.54, 1.807) is 11.3 Å². The number of thiophene rings is 1. The van der Waals surface area contributed by atoms with Crippen molar-refractivity contribution < 1.29 is 4.79 Å². The number of rotatable bonds is 5. The molecule has 2 aromatic carbocycles. The molecule has 0 aliphatic carbocycles. The average Bonchev–Trinajstić information content (AvgIpc) is 2.96. The zero-order valence-corrected chi connectivity index (χ0v) is 13.0. The number of benzene rings is 2. The Balaban J connectivity index is 1.84. The summed E-state index contributed by atoms with van der Waals surface area (Å²) in [5, 5.41) is 1.14. The molecule has 0 fully saturated rings. The first-order valence-corrected chi connectivity index (χ1v) is 8.22. The van der Waals surface area contributed by atoms with Gasteiger partial charge < -0.3 is 0 Å². The molecule has 106 valence electrons. The van der Waals surface area contributed by atoms with Crippen molar-refractivity contribution in [3.05, 3.63) is 70.6 Å². The highest BCUT2D eigenvalue weighted by atomic mass is 32.1. The molecule has 1 heterocycles. The molecule has 0 saturated heterocycles. The zero-order valence-electron chi connectivity index (χ0n) is 12.1. The number of aryl methyl sites for hydroxylation is 1. The predicted octanol–water partition coefficient (Wildman–Crippen LogP) is 5.47. The highest BCUT2D eigenvalue weighted by Crippen LogP contribution is 2.27. The molecule has 0 unspecified atom stereocenters. The number of unbranched alkanes of at least 4 members (excludes halogenated alkanes) is 1. The smallest absolute Gasteiger partial charge is 0.202 e. The highest BCUT2D eigenvalue weighted by Gasteiger charge is 2.12. The third kappa shape index (κ3) is 3.06. The summed E-state index contributed by atoms with van der Waals surface area (Å²) in [5.74, 6) is 0.123. The topological polar surface area (TPSA) is 17.1 Å². The summed E-state index contributed by atoms with van der Waals surface area (Å²) < 4.78 is 1.17. The largest absolute Gasteiger partial charge is 0.288 e. The lowest BCUT2D eigenvalue weighted by atomic mass is 10.0. The van der Waals surface area contributed by atoms with Gasteiger partial charge in [0.25, 0.3) is 0 Å². The van der Waals surface area contributed by atoms with Gasteiger partial charge in [-0.05, 0) is 35.9 Å². The second kappa shape index (κ2) is 6.23. The van der Waals surface area contributed by atoms with Gasteiger partial charge in [-0.25, -0.2) is 0 Å². The van der Waals surface area contributed by atoms with Gasteiger partial charge in [0.15, 0.2) is 0 Å². The summed E-state index contributed by atoms with van der Waals surface area (Å²) in [6.45, 7) is 2.19. The first-order valence-electron chi connectivity index (χ1n) is 7.40. The summed E-state index contributed by atoms with van der Waals surface area (Å²) in [4.78, 5) is 13.4. The Morgan fingerprint density at radius 2 is 1.81 bits per heavy atom. The van der Waals surface area contributed by atoms with E-state index in [0.29, 0.717) is 0 Å². The number of hydrogen-bond donors (Lipinski definition) is 0. The fraction of sp³-hybridized carbons (Fsp3) is 0.211. The van der Waals surface area contributed by atoms with E-state index in [-0.39, 0.29) is 5.78 Å². The molecule has 2 heteroatoms. The maximum atomic E-state index is 12.6. The predicted molar refractivity (Wildman–Crippen MR) is 90.3 cm³/mol. The third-order valence-electron chi connectivity index (χ3n) is 3.68. The molecule has 3 aromatic rings. The van der Waals surface area contributed by atoms with Crippen LogP contribution in [0.5, 0.6) is 0 Å². The first kappa shape index (κ1) is 14.0. The molecule has 0 spiro atoms. The summed E-state index contributed by atoms with van der Waals surface area (Å²) in [6, 6.07) is 18.2. The van der Waals surface area contributed by atoms with Gasteiger partial charge in [0, 0.05) is 10.3 Å². The molecule has 0 aliphatic heterocycles. The molecule has 0 saturated carbocycles. The van der Waals surface area contributed by atoms with Gasteiger partial charge in [0.2, 0.25) is 5.78 Å². The first-order chi connectivity index (χ1) is 10.3. The van der Waals surface area contributed by atoms with Gasteiger partial charge in [-0.2, -0.15) is 0 Å². The Hall–Kier alpha value is -1.93. The minimum atomic E-state index is 0.123. The molecule has 0 N–H and O–H groups in total. The molecule has 0 radical (unpaired) electrons. The Kier molecular flexibility index (Phi) is 4.16. The van der Waals surface area contributed by atoms with Crippen molar-refractivity contribution in [1.82, 2.24) is 0 Å². The summed E-state index contributed by atoms with van der Waals surface area (Å²) in [5.41, 5.74) is 2.09. The van der Waals surface area contributed by atoms with Gasteiger partial charge in [0.1, 0.15) is 0 Å². The summed E-state index contributed by atoms with van der Waals surface area (Å²) >= 11 is 1.57. The average molecular weight is 294 g/mol. The van der Waals surface area contributed by atoms with E-state index >= 15 is 0 Å². The van der Waals surface area contributed by atoms with Crippen molar-refractivity contribution in [3.63, 3.8) is 0 Å². The molecule has 1 nitrogen and oxygen atoms in total. The maximum Gasteiger partial charge on any atom is 0.202 e. The van der Waals surface area contributed by atoms with E-state index < -0.39 is 0 Å². The Bertz CT molecular complexity index is 720. The lowest BCUT2D eigenvalue weighted by molar-refractivity contribution is 0.104. The summed E-state index contributed by atoms with van der Waals surface area (Å²) in [6.07, 6.45) is 3.49. The quantitative estimate of drug-likeness (QED) is 0.570. The van der Waals surface area contributed by atoms with E-state index in [1.165, 1.54) is 23.1 Å². The van der Waals surface area contributed by atoms with Crippen LogP contribution >= 0.6 is 11.3 Å². The number of carbonyl (C=O) groups excluding carboxylic acids is 1. The van der Waals surface area contributed by atoms with E-state index in [4.69, 9.17) is 0 Å². The lowest BCUT2D eigenvalue weighted by Gasteiger charge is -2.02. The molecule has 0 bridgehead atoms. The van der Waals surface area contributed by atoms with Crippen LogP contribution in [0.15, 0.2) is 54.6 Å². The van der Waals surface area contributed by atoms with E-state index in [2.05, 4.69) is 31.2 Å². The molecule has 0 amide bonds. The van der Waals surface area contributed by atoms with Crippen LogP contribution in [0.3, 0.4) is 0 Å². The van der Waals surface area contributed by atoms with Crippen LogP contribution in [0.4, 0.5) is 0 Å². The van der Waals surface area contributed by atoms with Crippen LogP contribution in [0.1, 0.15) is 40.6 Å². The SMILES string of the molecule is CCCCc1ccc(C(=O)c2cc3ccccc3s2)cc1. The van der Waals surface area contributed by atoms with Crippen LogP contribution in [0.25, 0.3) is 10.1 Å². The minimum absolute atomic E-state index is 0.123. The summed E-state index contributed by atoms with van der Waals surface area (Å²) in [7, 11) is 0. The number of hydrogen-bond acceptors (Lipinski definition) is 2. The third-order valence-corrected chi connectivity index (χ3v) is 4.80. The second-order valence-electron chi connectivity index (χ2n) is 5.28. The van der Waals surface area contributed by atoms with Crippen LogP contribution in [-0.4, -0.2) is 5.78 Å². The van der Waals surface area contributed by atoms with E-state index in [0.717, 1.165) is 22.2 Å². The van der Waals surface area contributed by atoms with Crippen LogP contribution in [0, 0.1) is 0 Å². The van der Waals surface area contributed by atoms with E-state index in [9.17, 15) is 4.79 Å². The minimum Gasteiger partial charge on any atom is -0.288 e. The van der Waals surface area contributed by atoms with Crippen LogP contribution < -0.4 is 0 Å². The molecule has 0 aliphatic rings. The normalized spacial score (nSPS) is 10.9. The Labute approximate surface area is 129 Å². The molecule has 21 heavy (non-hydrogen) atoms. The Morgan fingerprint density at radius 3 is 2.52 bits per heavy atom. The van der Waals surface area contributed by atoms with Crippen molar-refractivity contribution >= 4 is 27.2 Å². The highest BCUT2D eigenvalue weighted by molar-refractivity contribution is 7.21. The van der Waals surface area contributed by atoms with Gasteiger partial charge in [-0.15, -0.1) is 11.3 Å². The van der Waals surface area contributed by atoms with Gasteiger partial charge in [0.05, 0.1) is 4.88 Å². The molecular formula is C19H18OS. The monoisotopic (exact) mass is 294 g/mol. The van der Waals surface area contributed by atoms with Gasteiger partial charge >= 0.3 is 0 Å². The van der Waals surface area contributed by atoms with Crippen molar-refractivity contribution in [1.29, 1.82) is 0 Å². The van der Waals surface area contributed by atoms with E-state index in [1.807, 2.05) is 30.3 Å². The fourth-order valence-electron chi connectivity index (χ4n) is 2.44. The molecule has 3 rings (SSSR count).